The van der Waals surface area contributed by atoms with E-state index >= 15 is 0 Å². The molecule has 2 aromatic carbocycles. The lowest BCUT2D eigenvalue weighted by molar-refractivity contribution is 0.601. The third-order valence-corrected chi connectivity index (χ3v) is 5.82. The average Bonchev–Trinajstić information content (AvgIpc) is 2.65. The smallest absolute Gasteiger partial charge is 0.191 e. The van der Waals surface area contributed by atoms with E-state index in [9.17, 15) is 8.42 Å². The zero-order chi connectivity index (χ0) is 21.4. The molecule has 0 atom stereocenters. The highest BCUT2D eigenvalue weighted by atomic mass is 127. The fourth-order valence-electron chi connectivity index (χ4n) is 3.02. The van der Waals surface area contributed by atoms with Crippen molar-refractivity contribution in [2.75, 3.05) is 38.3 Å². The second-order valence-corrected chi connectivity index (χ2v) is 9.29. The Kier molecular flexibility index (Phi) is 10.6. The summed E-state index contributed by atoms with van der Waals surface area (Å²) in [5.74, 6) is 0.752. The Labute approximate surface area is 198 Å². The molecule has 8 heteroatoms. The van der Waals surface area contributed by atoms with Crippen molar-refractivity contribution in [1.82, 2.24) is 10.6 Å². The van der Waals surface area contributed by atoms with Gasteiger partial charge in [0.25, 0.3) is 0 Å². The first-order chi connectivity index (χ1) is 13.7. The number of anilines is 1. The van der Waals surface area contributed by atoms with Crippen LogP contribution in [0.4, 0.5) is 5.69 Å². The monoisotopic (exact) mass is 544 g/mol. The lowest BCUT2D eigenvalue weighted by Crippen LogP contribution is -2.38. The number of aryl methyl sites for hydroxylation is 1. The zero-order valence-electron chi connectivity index (χ0n) is 18.4. The predicted octanol–water partition coefficient (Wildman–Crippen LogP) is 3.38. The first kappa shape index (κ1) is 26.2. The molecule has 0 saturated heterocycles. The highest BCUT2D eigenvalue weighted by Crippen LogP contribution is 2.17. The summed E-state index contributed by atoms with van der Waals surface area (Å²) in [7, 11) is 0.868. The summed E-state index contributed by atoms with van der Waals surface area (Å²) in [4.78, 5) is 7.08. The van der Waals surface area contributed by atoms with Crippen molar-refractivity contribution in [3.63, 3.8) is 0 Å². The molecule has 2 rings (SSSR count). The Morgan fingerprint density at radius 3 is 2.20 bits per heavy atom. The van der Waals surface area contributed by atoms with Gasteiger partial charge in [-0.2, -0.15) is 0 Å². The molecule has 0 unspecified atom stereocenters. The number of aliphatic imine (C=N–C) groups is 1. The second kappa shape index (κ2) is 12.1. The standard InChI is InChI=1S/C22H32N4O2S.HI/c1-6-23-22(24-14-13-18-7-10-20(11-8-18)26(3)4)25-16-19-9-12-21(17(2)15-19)29(5,27)28;/h7-12,15H,6,13-14,16H2,1-5H3,(H2,23,24,25);1H. The second-order valence-electron chi connectivity index (χ2n) is 7.30. The van der Waals surface area contributed by atoms with Gasteiger partial charge in [-0.25, -0.2) is 13.4 Å². The minimum absolute atomic E-state index is 0. The van der Waals surface area contributed by atoms with Crippen molar-refractivity contribution in [2.45, 2.75) is 31.7 Å². The van der Waals surface area contributed by atoms with Gasteiger partial charge >= 0.3 is 0 Å². The van der Waals surface area contributed by atoms with Gasteiger partial charge in [0.05, 0.1) is 11.4 Å². The Hall–Kier alpha value is -1.81. The molecular weight excluding hydrogens is 511 g/mol. The highest BCUT2D eigenvalue weighted by Gasteiger charge is 2.10. The molecule has 0 fully saturated rings. The van der Waals surface area contributed by atoms with Gasteiger partial charge in [-0.1, -0.05) is 24.3 Å². The average molecular weight is 545 g/mol. The van der Waals surface area contributed by atoms with E-state index in [1.807, 2.05) is 40.1 Å². The number of nitrogens with one attached hydrogen (secondary N) is 2. The van der Waals surface area contributed by atoms with Crippen LogP contribution in [0.15, 0.2) is 52.4 Å². The van der Waals surface area contributed by atoms with Gasteiger partial charge < -0.3 is 15.5 Å². The molecule has 2 aromatic rings. The van der Waals surface area contributed by atoms with Gasteiger partial charge in [0, 0.05) is 39.1 Å². The molecule has 166 valence electrons. The lowest BCUT2D eigenvalue weighted by atomic mass is 10.1. The molecule has 0 aliphatic carbocycles. The van der Waals surface area contributed by atoms with Crippen LogP contribution in [0.25, 0.3) is 0 Å². The summed E-state index contributed by atoms with van der Waals surface area (Å²) in [6.07, 6.45) is 2.13. The quantitative estimate of drug-likeness (QED) is 0.303. The van der Waals surface area contributed by atoms with Crippen molar-refractivity contribution in [3.8, 4) is 0 Å². The summed E-state index contributed by atoms with van der Waals surface area (Å²) in [6.45, 7) is 5.88. The van der Waals surface area contributed by atoms with Crippen LogP contribution < -0.4 is 15.5 Å². The largest absolute Gasteiger partial charge is 0.378 e. The molecule has 0 saturated carbocycles. The first-order valence-corrected chi connectivity index (χ1v) is 11.7. The molecule has 0 radical (unpaired) electrons. The number of benzene rings is 2. The molecule has 30 heavy (non-hydrogen) atoms. The molecule has 0 aliphatic rings. The van der Waals surface area contributed by atoms with Gasteiger partial charge in [-0.3, -0.25) is 0 Å². The first-order valence-electron chi connectivity index (χ1n) is 9.78. The van der Waals surface area contributed by atoms with E-state index in [-0.39, 0.29) is 24.0 Å². The van der Waals surface area contributed by atoms with Crippen molar-refractivity contribution in [3.05, 3.63) is 59.2 Å². The summed E-state index contributed by atoms with van der Waals surface area (Å²) >= 11 is 0. The molecular formula is C22H33IN4O2S. The maximum absolute atomic E-state index is 11.8. The third kappa shape index (κ3) is 8.14. The van der Waals surface area contributed by atoms with Crippen LogP contribution in [0.5, 0.6) is 0 Å². The molecule has 0 aromatic heterocycles. The van der Waals surface area contributed by atoms with Crippen LogP contribution >= 0.6 is 24.0 Å². The van der Waals surface area contributed by atoms with Crippen molar-refractivity contribution in [1.29, 1.82) is 0 Å². The maximum Gasteiger partial charge on any atom is 0.191 e. The number of halogens is 1. The molecule has 0 heterocycles. The molecule has 2 N–H and O–H groups in total. The Morgan fingerprint density at radius 1 is 1.03 bits per heavy atom. The Balaban J connectivity index is 0.00000450. The van der Waals surface area contributed by atoms with Gasteiger partial charge in [-0.05, 0) is 55.2 Å². The van der Waals surface area contributed by atoms with Crippen molar-refractivity contribution < 1.29 is 8.42 Å². The Morgan fingerprint density at radius 2 is 1.67 bits per heavy atom. The van der Waals surface area contributed by atoms with Crippen molar-refractivity contribution >= 4 is 45.5 Å². The van der Waals surface area contributed by atoms with E-state index in [1.165, 1.54) is 17.5 Å². The summed E-state index contributed by atoms with van der Waals surface area (Å²) in [5, 5.41) is 6.61. The molecule has 0 amide bonds. The van der Waals surface area contributed by atoms with Crippen LogP contribution in [-0.4, -0.2) is 47.8 Å². The number of rotatable bonds is 8. The minimum atomic E-state index is -3.20. The fraction of sp³-hybridized carbons (Fsp3) is 0.409. The van der Waals surface area contributed by atoms with E-state index in [0.717, 1.165) is 36.6 Å². The highest BCUT2D eigenvalue weighted by molar-refractivity contribution is 14.0. The fourth-order valence-corrected chi connectivity index (χ4v) is 3.98. The lowest BCUT2D eigenvalue weighted by Gasteiger charge is -2.14. The minimum Gasteiger partial charge on any atom is -0.378 e. The van der Waals surface area contributed by atoms with E-state index in [4.69, 9.17) is 0 Å². The van der Waals surface area contributed by atoms with Gasteiger partial charge in [0.2, 0.25) is 0 Å². The number of guanidine groups is 1. The maximum atomic E-state index is 11.8. The number of hydrogen-bond donors (Lipinski definition) is 2. The van der Waals surface area contributed by atoms with E-state index in [2.05, 4.69) is 44.8 Å². The SMILES string of the molecule is CCNC(=NCc1ccc(S(C)(=O)=O)c(C)c1)NCCc1ccc(N(C)C)cc1.I. The van der Waals surface area contributed by atoms with Crippen LogP contribution in [0.2, 0.25) is 0 Å². The van der Waals surface area contributed by atoms with Crippen LogP contribution in [-0.2, 0) is 22.8 Å². The molecule has 0 bridgehead atoms. The number of hydrogen-bond acceptors (Lipinski definition) is 4. The van der Waals surface area contributed by atoms with Gasteiger partial charge in [-0.15, -0.1) is 24.0 Å². The Bertz CT molecular complexity index is 942. The molecule has 0 aliphatic heterocycles. The van der Waals surface area contributed by atoms with Gasteiger partial charge in [0.1, 0.15) is 0 Å². The normalized spacial score (nSPS) is 11.6. The topological polar surface area (TPSA) is 73.8 Å². The van der Waals surface area contributed by atoms with E-state index in [1.54, 1.807) is 6.07 Å². The van der Waals surface area contributed by atoms with Crippen LogP contribution in [0, 0.1) is 6.92 Å². The van der Waals surface area contributed by atoms with E-state index < -0.39 is 9.84 Å². The number of nitrogens with zero attached hydrogens (tertiary/aromatic N) is 2. The third-order valence-electron chi connectivity index (χ3n) is 4.56. The van der Waals surface area contributed by atoms with Crippen molar-refractivity contribution in [2.24, 2.45) is 4.99 Å². The predicted molar refractivity (Wildman–Crippen MR) is 137 cm³/mol. The summed E-state index contributed by atoms with van der Waals surface area (Å²) in [5.41, 5.74) is 4.19. The zero-order valence-corrected chi connectivity index (χ0v) is 21.5. The summed E-state index contributed by atoms with van der Waals surface area (Å²) in [6, 6.07) is 13.9. The molecule has 0 spiro atoms. The van der Waals surface area contributed by atoms with Crippen LogP contribution in [0.1, 0.15) is 23.6 Å². The van der Waals surface area contributed by atoms with Gasteiger partial charge in [0.15, 0.2) is 15.8 Å². The molecule has 6 nitrogen and oxygen atoms in total. The van der Waals surface area contributed by atoms with Crippen LogP contribution in [0.3, 0.4) is 0 Å². The number of sulfone groups is 1. The van der Waals surface area contributed by atoms with E-state index in [0.29, 0.717) is 11.4 Å². The summed E-state index contributed by atoms with van der Waals surface area (Å²) < 4.78 is 23.5.